The van der Waals surface area contributed by atoms with Gasteiger partial charge in [0.05, 0.1) is 6.42 Å². The molecule has 0 unspecified atom stereocenters. The fraction of sp³-hybridized carbons (Fsp3) is 0.0769. The third-order valence-corrected chi connectivity index (χ3v) is 2.84. The first-order chi connectivity index (χ1) is 8.56. The van der Waals surface area contributed by atoms with Crippen molar-refractivity contribution in [2.24, 2.45) is 0 Å². The molecule has 5 heteroatoms. The predicted octanol–water partition coefficient (Wildman–Crippen LogP) is 3.55. The van der Waals surface area contributed by atoms with Crippen LogP contribution in [0.2, 0.25) is 0 Å². The number of hydrogen-bond acceptors (Lipinski definition) is 2. The van der Waals surface area contributed by atoms with E-state index in [2.05, 4.69) is 20.9 Å². The molecular weight excluding hydrogens is 304 g/mol. The van der Waals surface area contributed by atoms with E-state index in [-0.39, 0.29) is 17.8 Å². The van der Waals surface area contributed by atoms with Crippen LogP contribution in [0.4, 0.5) is 8.78 Å². The summed E-state index contributed by atoms with van der Waals surface area (Å²) in [5.74, 6) is -2.29. The number of benzene rings is 1. The van der Waals surface area contributed by atoms with E-state index in [4.69, 9.17) is 0 Å². The zero-order valence-corrected chi connectivity index (χ0v) is 10.7. The fourth-order valence-electron chi connectivity index (χ4n) is 1.45. The van der Waals surface area contributed by atoms with Crippen molar-refractivity contribution < 1.29 is 13.6 Å². The molecule has 0 amide bonds. The molecule has 0 spiro atoms. The minimum atomic E-state index is -1.02. The van der Waals surface area contributed by atoms with Crippen LogP contribution in [-0.4, -0.2) is 10.8 Å². The van der Waals surface area contributed by atoms with Crippen molar-refractivity contribution in [3.63, 3.8) is 0 Å². The Hall–Kier alpha value is -1.62. The zero-order chi connectivity index (χ0) is 13.1. The summed E-state index contributed by atoms with van der Waals surface area (Å²) in [6.07, 6.45) is 1.63. The second kappa shape index (κ2) is 5.35. The standard InChI is InChI=1S/C13H8BrF2NO/c14-9-2-3-10(17-7-9)6-13(18)8-1-4-11(15)12(16)5-8/h1-5,7H,6H2. The van der Waals surface area contributed by atoms with Crippen LogP contribution in [0.3, 0.4) is 0 Å². The molecule has 1 aromatic carbocycles. The molecule has 1 heterocycles. The highest BCUT2D eigenvalue weighted by atomic mass is 79.9. The first kappa shape index (κ1) is 12.8. The summed E-state index contributed by atoms with van der Waals surface area (Å²) in [5, 5.41) is 0. The van der Waals surface area contributed by atoms with E-state index in [1.54, 1.807) is 18.3 Å². The van der Waals surface area contributed by atoms with Gasteiger partial charge in [-0.1, -0.05) is 0 Å². The van der Waals surface area contributed by atoms with Gasteiger partial charge in [-0.15, -0.1) is 0 Å². The van der Waals surface area contributed by atoms with Gasteiger partial charge in [0.25, 0.3) is 0 Å². The molecule has 0 radical (unpaired) electrons. The summed E-state index contributed by atoms with van der Waals surface area (Å²) >= 11 is 3.24. The second-order valence-corrected chi connectivity index (χ2v) is 4.61. The number of rotatable bonds is 3. The van der Waals surface area contributed by atoms with E-state index < -0.39 is 11.6 Å². The summed E-state index contributed by atoms with van der Waals surface area (Å²) in [4.78, 5) is 15.9. The van der Waals surface area contributed by atoms with Crippen molar-refractivity contribution in [3.8, 4) is 0 Å². The Bertz CT molecular complexity index is 584. The van der Waals surface area contributed by atoms with Crippen LogP contribution >= 0.6 is 15.9 Å². The van der Waals surface area contributed by atoms with E-state index in [0.29, 0.717) is 5.69 Å². The van der Waals surface area contributed by atoms with Crippen LogP contribution in [0.5, 0.6) is 0 Å². The topological polar surface area (TPSA) is 30.0 Å². The largest absolute Gasteiger partial charge is 0.294 e. The van der Waals surface area contributed by atoms with Crippen LogP contribution in [-0.2, 0) is 6.42 Å². The Morgan fingerprint density at radius 1 is 1.17 bits per heavy atom. The highest BCUT2D eigenvalue weighted by Crippen LogP contribution is 2.12. The monoisotopic (exact) mass is 311 g/mol. The van der Waals surface area contributed by atoms with Crippen LogP contribution in [0.15, 0.2) is 41.0 Å². The highest BCUT2D eigenvalue weighted by molar-refractivity contribution is 9.10. The quantitative estimate of drug-likeness (QED) is 0.811. The summed E-state index contributed by atoms with van der Waals surface area (Å²) in [7, 11) is 0. The van der Waals surface area contributed by atoms with Gasteiger partial charge in [-0.3, -0.25) is 9.78 Å². The van der Waals surface area contributed by atoms with E-state index in [9.17, 15) is 13.6 Å². The molecule has 92 valence electrons. The lowest BCUT2D eigenvalue weighted by Crippen LogP contribution is -2.05. The molecule has 0 aliphatic carbocycles. The van der Waals surface area contributed by atoms with Gasteiger partial charge in [0, 0.05) is 21.9 Å². The molecule has 0 fully saturated rings. The first-order valence-electron chi connectivity index (χ1n) is 5.15. The third-order valence-electron chi connectivity index (χ3n) is 2.37. The molecule has 2 aromatic rings. The summed E-state index contributed by atoms with van der Waals surface area (Å²) < 4.78 is 26.5. The molecule has 0 bridgehead atoms. The SMILES string of the molecule is O=C(Cc1ccc(Br)cn1)c1ccc(F)c(F)c1. The van der Waals surface area contributed by atoms with Gasteiger partial charge in [0.2, 0.25) is 0 Å². The summed E-state index contributed by atoms with van der Waals surface area (Å²) in [6.45, 7) is 0. The molecular formula is C13H8BrF2NO. The van der Waals surface area contributed by atoms with Crippen molar-refractivity contribution in [1.29, 1.82) is 0 Å². The third kappa shape index (κ3) is 2.98. The van der Waals surface area contributed by atoms with E-state index in [0.717, 1.165) is 16.6 Å². The predicted molar refractivity (Wildman–Crippen MR) is 66.3 cm³/mol. The van der Waals surface area contributed by atoms with Crippen LogP contribution in [0.1, 0.15) is 16.1 Å². The van der Waals surface area contributed by atoms with Crippen molar-refractivity contribution >= 4 is 21.7 Å². The van der Waals surface area contributed by atoms with E-state index >= 15 is 0 Å². The molecule has 0 atom stereocenters. The number of carbonyl (C=O) groups excluding carboxylic acids is 1. The fourth-order valence-corrected chi connectivity index (χ4v) is 1.68. The lowest BCUT2D eigenvalue weighted by molar-refractivity contribution is 0.0991. The average molecular weight is 312 g/mol. The Morgan fingerprint density at radius 3 is 2.56 bits per heavy atom. The number of ketones is 1. The van der Waals surface area contributed by atoms with E-state index in [1.807, 2.05) is 0 Å². The Balaban J connectivity index is 2.16. The number of nitrogens with zero attached hydrogens (tertiary/aromatic N) is 1. The first-order valence-corrected chi connectivity index (χ1v) is 5.94. The number of Topliss-reactive ketones (excluding diaryl/α,β-unsaturated/α-hetero) is 1. The van der Waals surface area contributed by atoms with Crippen LogP contribution in [0.25, 0.3) is 0 Å². The minimum absolute atomic E-state index is 0.0539. The van der Waals surface area contributed by atoms with Gasteiger partial charge in [0.15, 0.2) is 17.4 Å². The molecule has 0 aliphatic heterocycles. The van der Waals surface area contributed by atoms with Gasteiger partial charge < -0.3 is 0 Å². The Kier molecular flexibility index (Phi) is 3.81. The van der Waals surface area contributed by atoms with Crippen molar-refractivity contribution in [2.45, 2.75) is 6.42 Å². The molecule has 2 nitrogen and oxygen atoms in total. The van der Waals surface area contributed by atoms with Crippen molar-refractivity contribution in [3.05, 3.63) is 63.9 Å². The van der Waals surface area contributed by atoms with Gasteiger partial charge in [0.1, 0.15) is 0 Å². The number of hydrogen-bond donors (Lipinski definition) is 0. The molecule has 2 rings (SSSR count). The van der Waals surface area contributed by atoms with E-state index in [1.165, 1.54) is 6.07 Å². The smallest absolute Gasteiger partial charge is 0.168 e. The number of carbonyl (C=O) groups is 1. The van der Waals surface area contributed by atoms with Gasteiger partial charge in [-0.2, -0.15) is 0 Å². The molecule has 18 heavy (non-hydrogen) atoms. The minimum Gasteiger partial charge on any atom is -0.294 e. The normalized spacial score (nSPS) is 10.4. The lowest BCUT2D eigenvalue weighted by atomic mass is 10.1. The number of halogens is 3. The maximum Gasteiger partial charge on any atom is 0.168 e. The molecule has 0 N–H and O–H groups in total. The van der Waals surface area contributed by atoms with Crippen molar-refractivity contribution in [1.82, 2.24) is 4.98 Å². The highest BCUT2D eigenvalue weighted by Gasteiger charge is 2.11. The summed E-state index contributed by atoms with van der Waals surface area (Å²) in [6, 6.07) is 6.57. The maximum atomic E-state index is 13.0. The Morgan fingerprint density at radius 2 is 1.94 bits per heavy atom. The second-order valence-electron chi connectivity index (χ2n) is 3.70. The molecule has 0 saturated carbocycles. The van der Waals surface area contributed by atoms with Crippen LogP contribution < -0.4 is 0 Å². The number of aromatic nitrogens is 1. The zero-order valence-electron chi connectivity index (χ0n) is 9.16. The van der Waals surface area contributed by atoms with Crippen molar-refractivity contribution in [2.75, 3.05) is 0 Å². The molecule has 0 aliphatic rings. The summed E-state index contributed by atoms with van der Waals surface area (Å²) in [5.41, 5.74) is 0.714. The average Bonchev–Trinajstić information content (AvgIpc) is 2.35. The number of pyridine rings is 1. The van der Waals surface area contributed by atoms with Gasteiger partial charge >= 0.3 is 0 Å². The maximum absolute atomic E-state index is 13.0. The molecule has 0 saturated heterocycles. The van der Waals surface area contributed by atoms with Crippen LogP contribution in [0, 0.1) is 11.6 Å². The van der Waals surface area contributed by atoms with Gasteiger partial charge in [-0.05, 0) is 46.3 Å². The Labute approximate surface area is 111 Å². The lowest BCUT2D eigenvalue weighted by Gasteiger charge is -2.02. The molecule has 1 aromatic heterocycles. The van der Waals surface area contributed by atoms with Gasteiger partial charge in [-0.25, -0.2) is 8.78 Å².